The number of hydrogen-bond acceptors (Lipinski definition) is 6. The monoisotopic (exact) mass is 310 g/mol. The van der Waals surface area contributed by atoms with E-state index < -0.39 is 5.91 Å². The molecule has 1 amide bonds. The fourth-order valence-corrected chi connectivity index (χ4v) is 3.76. The minimum absolute atomic E-state index is 0.0587. The quantitative estimate of drug-likeness (QED) is 0.713. The number of likely N-dealkylation sites (N-methyl/N-ethyl adjacent to an activating group) is 1. The lowest BCUT2D eigenvalue weighted by Crippen LogP contribution is -2.24. The van der Waals surface area contributed by atoms with Crippen molar-refractivity contribution in [3.05, 3.63) is 10.4 Å². The van der Waals surface area contributed by atoms with Crippen LogP contribution in [0, 0.1) is 5.92 Å². The first-order valence-electron chi connectivity index (χ1n) is 7.02. The lowest BCUT2D eigenvalue weighted by atomic mass is 10.1. The highest BCUT2D eigenvalue weighted by Gasteiger charge is 2.28. The highest BCUT2D eigenvalue weighted by molar-refractivity contribution is 7.19. The van der Waals surface area contributed by atoms with Crippen molar-refractivity contribution in [2.24, 2.45) is 11.7 Å². The van der Waals surface area contributed by atoms with Crippen LogP contribution >= 0.6 is 11.3 Å². The number of rotatable bonds is 5. The molecule has 0 saturated carbocycles. The first-order valence-corrected chi connectivity index (χ1v) is 7.84. The van der Waals surface area contributed by atoms with Crippen LogP contribution in [-0.2, 0) is 0 Å². The van der Waals surface area contributed by atoms with E-state index in [-0.39, 0.29) is 29.0 Å². The molecule has 116 valence electrons. The number of nitrogen functional groups attached to an aromatic ring is 1. The average molecular weight is 310 g/mol. The second kappa shape index (κ2) is 6.03. The summed E-state index contributed by atoms with van der Waals surface area (Å²) in [7, 11) is 2.05. The van der Waals surface area contributed by atoms with Gasteiger partial charge in [0.15, 0.2) is 5.78 Å². The van der Waals surface area contributed by atoms with Crippen molar-refractivity contribution < 1.29 is 9.59 Å². The minimum atomic E-state index is -0.597. The van der Waals surface area contributed by atoms with E-state index in [0.717, 1.165) is 19.5 Å². The molecule has 0 bridgehead atoms. The van der Waals surface area contributed by atoms with Crippen LogP contribution < -0.4 is 16.8 Å². The second-order valence-electron chi connectivity index (χ2n) is 5.82. The van der Waals surface area contributed by atoms with Gasteiger partial charge in [-0.3, -0.25) is 9.59 Å². The van der Waals surface area contributed by atoms with Crippen LogP contribution in [0.3, 0.4) is 0 Å². The van der Waals surface area contributed by atoms with E-state index in [9.17, 15) is 9.59 Å². The predicted molar refractivity (Wildman–Crippen MR) is 85.9 cm³/mol. The number of carbonyl (C=O) groups is 2. The average Bonchev–Trinajstić information content (AvgIpc) is 2.92. The van der Waals surface area contributed by atoms with Crippen molar-refractivity contribution in [1.29, 1.82) is 0 Å². The van der Waals surface area contributed by atoms with Gasteiger partial charge in [-0.05, 0) is 20.0 Å². The molecule has 1 aromatic heterocycles. The molecular weight excluding hydrogens is 288 g/mol. The predicted octanol–water partition coefficient (Wildman–Crippen LogP) is 1.38. The molecule has 5 N–H and O–H groups in total. The number of amides is 1. The molecule has 1 saturated heterocycles. The standard InChI is InChI=1S/C14H22N4O2S/c1-7(2)11(19)12-10(15)9(13(16)20)14(21-12)17-8-4-5-18(3)6-8/h7-8,17H,4-6,15H2,1-3H3,(H2,16,20). The molecule has 6 nitrogen and oxygen atoms in total. The Labute approximate surface area is 128 Å². The van der Waals surface area contributed by atoms with Gasteiger partial charge in [0.25, 0.3) is 5.91 Å². The Hall–Kier alpha value is -1.60. The lowest BCUT2D eigenvalue weighted by Gasteiger charge is -2.13. The third-order valence-corrected chi connectivity index (χ3v) is 4.82. The summed E-state index contributed by atoms with van der Waals surface area (Å²) in [5, 5.41) is 3.94. The Morgan fingerprint density at radius 3 is 2.57 bits per heavy atom. The Morgan fingerprint density at radius 2 is 2.10 bits per heavy atom. The molecular formula is C14H22N4O2S. The van der Waals surface area contributed by atoms with Crippen LogP contribution in [0.2, 0.25) is 0 Å². The Balaban J connectivity index is 2.33. The van der Waals surface area contributed by atoms with Crippen LogP contribution in [0.25, 0.3) is 0 Å². The van der Waals surface area contributed by atoms with E-state index in [4.69, 9.17) is 11.5 Å². The van der Waals surface area contributed by atoms with Crippen molar-refractivity contribution >= 4 is 33.7 Å². The van der Waals surface area contributed by atoms with Gasteiger partial charge in [0, 0.05) is 18.5 Å². The first-order chi connectivity index (χ1) is 9.81. The van der Waals surface area contributed by atoms with Gasteiger partial charge in [-0.2, -0.15) is 0 Å². The zero-order valence-corrected chi connectivity index (χ0v) is 13.4. The molecule has 1 aliphatic heterocycles. The summed E-state index contributed by atoms with van der Waals surface area (Å²) in [4.78, 5) is 26.5. The number of anilines is 2. The van der Waals surface area contributed by atoms with Gasteiger partial charge < -0.3 is 21.7 Å². The molecule has 1 aliphatic rings. The lowest BCUT2D eigenvalue weighted by molar-refractivity contribution is 0.0944. The van der Waals surface area contributed by atoms with Crippen molar-refractivity contribution in [1.82, 2.24) is 4.90 Å². The van der Waals surface area contributed by atoms with Gasteiger partial charge in [-0.1, -0.05) is 13.8 Å². The fraction of sp³-hybridized carbons (Fsp3) is 0.571. The van der Waals surface area contributed by atoms with E-state index in [1.165, 1.54) is 11.3 Å². The Morgan fingerprint density at radius 1 is 1.43 bits per heavy atom. The molecule has 7 heteroatoms. The van der Waals surface area contributed by atoms with E-state index in [2.05, 4.69) is 10.2 Å². The van der Waals surface area contributed by atoms with Gasteiger partial charge in [-0.15, -0.1) is 11.3 Å². The topological polar surface area (TPSA) is 101 Å². The third-order valence-electron chi connectivity index (χ3n) is 3.67. The molecule has 21 heavy (non-hydrogen) atoms. The van der Waals surface area contributed by atoms with E-state index in [1.807, 2.05) is 20.9 Å². The molecule has 1 atom stereocenters. The summed E-state index contributed by atoms with van der Waals surface area (Å²) >= 11 is 1.23. The Bertz CT molecular complexity index is 568. The van der Waals surface area contributed by atoms with Gasteiger partial charge in [0.2, 0.25) is 0 Å². The molecule has 2 rings (SSSR count). The highest BCUT2D eigenvalue weighted by Crippen LogP contribution is 2.37. The minimum Gasteiger partial charge on any atom is -0.397 e. The number of Topliss-reactive ketones (excluding diaryl/α,β-unsaturated/α-hetero) is 1. The van der Waals surface area contributed by atoms with Gasteiger partial charge in [-0.25, -0.2) is 0 Å². The zero-order valence-electron chi connectivity index (χ0n) is 12.6. The normalized spacial score (nSPS) is 19.1. The van der Waals surface area contributed by atoms with E-state index in [1.54, 1.807) is 0 Å². The summed E-state index contributed by atoms with van der Waals surface area (Å²) in [5.41, 5.74) is 11.9. The van der Waals surface area contributed by atoms with Crippen LogP contribution in [0.4, 0.5) is 10.7 Å². The maximum atomic E-state index is 12.2. The van der Waals surface area contributed by atoms with Gasteiger partial charge in [0.1, 0.15) is 5.00 Å². The largest absolute Gasteiger partial charge is 0.397 e. The number of primary amides is 1. The number of hydrogen-bond donors (Lipinski definition) is 3. The summed E-state index contributed by atoms with van der Waals surface area (Å²) in [6.07, 6.45) is 0.986. The van der Waals surface area contributed by atoms with E-state index >= 15 is 0 Å². The van der Waals surface area contributed by atoms with Crippen LogP contribution in [-0.4, -0.2) is 42.8 Å². The fourth-order valence-electron chi connectivity index (χ4n) is 2.47. The maximum absolute atomic E-state index is 12.2. The SMILES string of the molecule is CC(C)C(=O)c1sc(NC2CCN(C)C2)c(C(N)=O)c1N. The number of thiophene rings is 1. The van der Waals surface area contributed by atoms with Crippen LogP contribution in [0.15, 0.2) is 0 Å². The molecule has 0 aromatic carbocycles. The highest BCUT2D eigenvalue weighted by atomic mass is 32.1. The van der Waals surface area contributed by atoms with Crippen LogP contribution in [0.1, 0.15) is 40.3 Å². The number of nitrogens with two attached hydrogens (primary N) is 2. The smallest absolute Gasteiger partial charge is 0.253 e. The Kier molecular flexibility index (Phi) is 4.53. The summed E-state index contributed by atoms with van der Waals surface area (Å²) in [5.74, 6) is -0.825. The third kappa shape index (κ3) is 3.19. The summed E-state index contributed by atoms with van der Waals surface area (Å²) < 4.78 is 0. The second-order valence-corrected chi connectivity index (χ2v) is 6.84. The molecule has 1 fully saturated rings. The maximum Gasteiger partial charge on any atom is 0.253 e. The van der Waals surface area contributed by atoms with Crippen molar-refractivity contribution in [3.63, 3.8) is 0 Å². The molecule has 0 radical (unpaired) electrons. The number of carbonyl (C=O) groups excluding carboxylic acids is 2. The van der Waals surface area contributed by atoms with Gasteiger partial charge in [0.05, 0.1) is 16.1 Å². The number of nitrogens with one attached hydrogen (secondary N) is 1. The number of likely N-dealkylation sites (tertiary alicyclic amines) is 1. The molecule has 1 aromatic rings. The van der Waals surface area contributed by atoms with Crippen LogP contribution in [0.5, 0.6) is 0 Å². The molecule has 0 aliphatic carbocycles. The molecule has 0 spiro atoms. The number of ketones is 1. The van der Waals surface area contributed by atoms with Crippen molar-refractivity contribution in [2.75, 3.05) is 31.2 Å². The van der Waals surface area contributed by atoms with Crippen molar-refractivity contribution in [2.45, 2.75) is 26.3 Å². The first kappa shape index (κ1) is 15.8. The zero-order chi connectivity index (χ0) is 15.7. The number of nitrogens with zero attached hydrogens (tertiary/aromatic N) is 1. The molecule has 2 heterocycles. The summed E-state index contributed by atoms with van der Waals surface area (Å²) in [6, 6.07) is 0.244. The molecule has 1 unspecified atom stereocenters. The van der Waals surface area contributed by atoms with Gasteiger partial charge >= 0.3 is 0 Å². The van der Waals surface area contributed by atoms with E-state index in [0.29, 0.717) is 9.88 Å². The summed E-state index contributed by atoms with van der Waals surface area (Å²) in [6.45, 7) is 5.51. The van der Waals surface area contributed by atoms with Crippen molar-refractivity contribution in [3.8, 4) is 0 Å².